The number of hydrogen-bond donors (Lipinski definition) is 3. The lowest BCUT2D eigenvalue weighted by molar-refractivity contribution is -0.127. The molecule has 2 aliphatic rings. The molecule has 2 fully saturated rings. The van der Waals surface area contributed by atoms with E-state index in [9.17, 15) is 9.59 Å². The zero-order valence-corrected chi connectivity index (χ0v) is 8.41. The standard InChI is InChI=1S/C9H15N3O3/c13-8-4-10-7(3-11-8)9(14)12-6-1-2-15-5-6/h6-7,10H,1-5H2,(H,11,13)(H,12,14). The molecule has 0 bridgehead atoms. The van der Waals surface area contributed by atoms with Crippen LogP contribution in [0.4, 0.5) is 0 Å². The average Bonchev–Trinajstić information content (AvgIpc) is 2.71. The number of hydrogen-bond acceptors (Lipinski definition) is 4. The minimum Gasteiger partial charge on any atom is -0.379 e. The Morgan fingerprint density at radius 3 is 3.00 bits per heavy atom. The zero-order valence-electron chi connectivity index (χ0n) is 8.41. The van der Waals surface area contributed by atoms with Crippen LogP contribution in [0.2, 0.25) is 0 Å². The van der Waals surface area contributed by atoms with Crippen LogP contribution in [0.25, 0.3) is 0 Å². The summed E-state index contributed by atoms with van der Waals surface area (Å²) in [5, 5.41) is 8.41. The van der Waals surface area contributed by atoms with Crippen LogP contribution in [0.3, 0.4) is 0 Å². The van der Waals surface area contributed by atoms with Gasteiger partial charge in [-0.3, -0.25) is 14.9 Å². The average molecular weight is 213 g/mol. The number of piperazine rings is 1. The predicted octanol–water partition coefficient (Wildman–Crippen LogP) is -2.02. The molecule has 2 aliphatic heterocycles. The molecule has 15 heavy (non-hydrogen) atoms. The first kappa shape index (κ1) is 10.4. The van der Waals surface area contributed by atoms with Crippen LogP contribution in [-0.2, 0) is 14.3 Å². The van der Waals surface area contributed by atoms with Gasteiger partial charge in [-0.15, -0.1) is 0 Å². The van der Waals surface area contributed by atoms with Crippen molar-refractivity contribution in [1.82, 2.24) is 16.0 Å². The maximum absolute atomic E-state index is 11.7. The maximum Gasteiger partial charge on any atom is 0.239 e. The van der Waals surface area contributed by atoms with Crippen LogP contribution in [0.5, 0.6) is 0 Å². The molecule has 84 valence electrons. The lowest BCUT2D eigenvalue weighted by atomic mass is 10.2. The van der Waals surface area contributed by atoms with Crippen LogP contribution in [0.1, 0.15) is 6.42 Å². The Bertz CT molecular complexity index is 253. The molecule has 6 nitrogen and oxygen atoms in total. The van der Waals surface area contributed by atoms with Gasteiger partial charge in [0.15, 0.2) is 0 Å². The highest BCUT2D eigenvalue weighted by atomic mass is 16.5. The van der Waals surface area contributed by atoms with Gasteiger partial charge in [0.1, 0.15) is 6.04 Å². The lowest BCUT2D eigenvalue weighted by Crippen LogP contribution is -2.59. The summed E-state index contributed by atoms with van der Waals surface area (Å²) in [4.78, 5) is 22.5. The van der Waals surface area contributed by atoms with E-state index in [1.165, 1.54) is 0 Å². The molecule has 0 aliphatic carbocycles. The third kappa shape index (κ3) is 2.66. The van der Waals surface area contributed by atoms with Gasteiger partial charge in [0.2, 0.25) is 11.8 Å². The largest absolute Gasteiger partial charge is 0.379 e. The Labute approximate surface area is 87.7 Å². The van der Waals surface area contributed by atoms with Crippen molar-refractivity contribution < 1.29 is 14.3 Å². The molecule has 0 aromatic heterocycles. The first-order valence-corrected chi connectivity index (χ1v) is 5.14. The van der Waals surface area contributed by atoms with Gasteiger partial charge in [-0.05, 0) is 6.42 Å². The summed E-state index contributed by atoms with van der Waals surface area (Å²) in [6, 6.07) is -0.194. The molecule has 0 aromatic rings. The van der Waals surface area contributed by atoms with Gasteiger partial charge in [0.05, 0.1) is 19.2 Å². The number of nitrogens with one attached hydrogen (secondary N) is 3. The van der Waals surface area contributed by atoms with Crippen molar-refractivity contribution >= 4 is 11.8 Å². The molecule has 6 heteroatoms. The summed E-state index contributed by atoms with van der Waals surface area (Å²) in [6.45, 7) is 1.86. The number of carbonyl (C=O) groups is 2. The third-order valence-electron chi connectivity index (χ3n) is 2.60. The Hall–Kier alpha value is -1.14. The lowest BCUT2D eigenvalue weighted by Gasteiger charge is -2.24. The van der Waals surface area contributed by atoms with Crippen LogP contribution >= 0.6 is 0 Å². The van der Waals surface area contributed by atoms with E-state index in [0.717, 1.165) is 6.42 Å². The molecule has 0 spiro atoms. The summed E-state index contributed by atoms with van der Waals surface area (Å²) in [7, 11) is 0. The molecule has 0 saturated carbocycles. The molecular formula is C9H15N3O3. The van der Waals surface area contributed by atoms with Crippen LogP contribution in [0, 0.1) is 0 Å². The molecule has 2 amide bonds. The number of ether oxygens (including phenoxy) is 1. The molecular weight excluding hydrogens is 198 g/mol. The molecule has 2 unspecified atom stereocenters. The Morgan fingerprint density at radius 2 is 2.40 bits per heavy atom. The second-order valence-electron chi connectivity index (χ2n) is 3.81. The molecule has 0 radical (unpaired) electrons. The van der Waals surface area contributed by atoms with Crippen molar-refractivity contribution in [2.24, 2.45) is 0 Å². The molecule has 0 aromatic carbocycles. The topological polar surface area (TPSA) is 79.5 Å². The highest BCUT2D eigenvalue weighted by Gasteiger charge is 2.26. The van der Waals surface area contributed by atoms with Gasteiger partial charge in [-0.2, -0.15) is 0 Å². The van der Waals surface area contributed by atoms with Gasteiger partial charge in [0, 0.05) is 13.2 Å². The van der Waals surface area contributed by atoms with E-state index in [1.54, 1.807) is 0 Å². The fourth-order valence-corrected chi connectivity index (χ4v) is 1.70. The van der Waals surface area contributed by atoms with Gasteiger partial charge in [0.25, 0.3) is 0 Å². The fraction of sp³-hybridized carbons (Fsp3) is 0.778. The quantitative estimate of drug-likeness (QED) is 0.495. The highest BCUT2D eigenvalue weighted by Crippen LogP contribution is 2.03. The van der Waals surface area contributed by atoms with Crippen molar-refractivity contribution in [3.05, 3.63) is 0 Å². The van der Waals surface area contributed by atoms with E-state index in [0.29, 0.717) is 19.8 Å². The Balaban J connectivity index is 1.77. The summed E-state index contributed by atoms with van der Waals surface area (Å²) in [5.74, 6) is -0.131. The summed E-state index contributed by atoms with van der Waals surface area (Å²) >= 11 is 0. The van der Waals surface area contributed by atoms with Gasteiger partial charge in [-0.1, -0.05) is 0 Å². The van der Waals surface area contributed by atoms with Crippen molar-refractivity contribution in [1.29, 1.82) is 0 Å². The zero-order chi connectivity index (χ0) is 10.7. The van der Waals surface area contributed by atoms with Gasteiger partial charge in [-0.25, -0.2) is 0 Å². The Kier molecular flexibility index (Phi) is 3.17. The maximum atomic E-state index is 11.7. The minimum atomic E-state index is -0.316. The van der Waals surface area contributed by atoms with Gasteiger partial charge < -0.3 is 15.4 Å². The minimum absolute atomic E-state index is 0.0644. The fourth-order valence-electron chi connectivity index (χ4n) is 1.70. The smallest absolute Gasteiger partial charge is 0.239 e. The number of amides is 2. The monoisotopic (exact) mass is 213 g/mol. The summed E-state index contributed by atoms with van der Waals surface area (Å²) in [6.07, 6.45) is 0.866. The first-order valence-electron chi connectivity index (χ1n) is 5.14. The van der Waals surface area contributed by atoms with E-state index >= 15 is 0 Å². The van der Waals surface area contributed by atoms with E-state index in [4.69, 9.17) is 4.74 Å². The van der Waals surface area contributed by atoms with Crippen LogP contribution in [-0.4, -0.2) is 50.2 Å². The summed E-state index contributed by atoms with van der Waals surface area (Å²) in [5.41, 5.74) is 0. The van der Waals surface area contributed by atoms with Crippen LogP contribution in [0.15, 0.2) is 0 Å². The molecule has 2 rings (SSSR count). The van der Waals surface area contributed by atoms with Crippen molar-refractivity contribution in [2.75, 3.05) is 26.3 Å². The van der Waals surface area contributed by atoms with Crippen molar-refractivity contribution in [2.45, 2.75) is 18.5 Å². The van der Waals surface area contributed by atoms with Crippen molar-refractivity contribution in [3.8, 4) is 0 Å². The molecule has 2 heterocycles. The van der Waals surface area contributed by atoms with E-state index in [-0.39, 0.29) is 30.4 Å². The van der Waals surface area contributed by atoms with E-state index in [1.807, 2.05) is 0 Å². The van der Waals surface area contributed by atoms with Crippen molar-refractivity contribution in [3.63, 3.8) is 0 Å². The molecule has 3 N–H and O–H groups in total. The SMILES string of the molecule is O=C1CNC(C(=O)NC2CCOC2)CN1. The second kappa shape index (κ2) is 4.59. The molecule has 2 saturated heterocycles. The molecule has 2 atom stereocenters. The van der Waals surface area contributed by atoms with E-state index in [2.05, 4.69) is 16.0 Å². The number of rotatable bonds is 2. The highest BCUT2D eigenvalue weighted by molar-refractivity contribution is 5.86. The number of carbonyl (C=O) groups excluding carboxylic acids is 2. The Morgan fingerprint density at radius 1 is 1.53 bits per heavy atom. The second-order valence-corrected chi connectivity index (χ2v) is 3.81. The van der Waals surface area contributed by atoms with Gasteiger partial charge >= 0.3 is 0 Å². The summed E-state index contributed by atoms with van der Waals surface area (Å²) < 4.78 is 5.16. The third-order valence-corrected chi connectivity index (χ3v) is 2.60. The normalized spacial score (nSPS) is 31.1. The first-order chi connectivity index (χ1) is 7.25. The predicted molar refractivity (Wildman–Crippen MR) is 52.2 cm³/mol. The van der Waals surface area contributed by atoms with E-state index < -0.39 is 0 Å². The van der Waals surface area contributed by atoms with Crippen LogP contribution < -0.4 is 16.0 Å².